The van der Waals surface area contributed by atoms with Crippen molar-refractivity contribution in [3.63, 3.8) is 0 Å². The van der Waals surface area contributed by atoms with Crippen LogP contribution in [0.1, 0.15) is 39.0 Å². The highest BCUT2D eigenvalue weighted by Crippen LogP contribution is 2.45. The van der Waals surface area contributed by atoms with E-state index >= 15 is 0 Å². The molecule has 0 spiro atoms. The smallest absolute Gasteiger partial charge is 0.0702 e. The number of hydrogen-bond donors (Lipinski definition) is 1. The van der Waals surface area contributed by atoms with Gasteiger partial charge in [-0.3, -0.25) is 0 Å². The molecular formula is C13H26N2O. The summed E-state index contributed by atoms with van der Waals surface area (Å²) >= 11 is 0. The molecule has 2 aliphatic rings. The van der Waals surface area contributed by atoms with Crippen LogP contribution < -0.4 is 5.73 Å². The van der Waals surface area contributed by atoms with Gasteiger partial charge in [0.05, 0.1) is 6.10 Å². The highest BCUT2D eigenvalue weighted by Gasteiger charge is 2.42. The van der Waals surface area contributed by atoms with Gasteiger partial charge in [-0.2, -0.15) is 0 Å². The van der Waals surface area contributed by atoms with Gasteiger partial charge < -0.3 is 15.4 Å². The van der Waals surface area contributed by atoms with Crippen molar-refractivity contribution in [1.29, 1.82) is 0 Å². The van der Waals surface area contributed by atoms with E-state index in [4.69, 9.17) is 10.5 Å². The van der Waals surface area contributed by atoms with Crippen molar-refractivity contribution in [3.8, 4) is 0 Å². The zero-order chi connectivity index (χ0) is 11.4. The Kier molecular flexibility index (Phi) is 4.22. The molecule has 1 unspecified atom stereocenters. The van der Waals surface area contributed by atoms with Crippen LogP contribution in [0.25, 0.3) is 0 Å². The van der Waals surface area contributed by atoms with Crippen LogP contribution in [0.5, 0.6) is 0 Å². The number of nitrogens with two attached hydrogens (primary N) is 1. The highest BCUT2D eigenvalue weighted by molar-refractivity contribution is 4.97. The van der Waals surface area contributed by atoms with Crippen LogP contribution in [0, 0.1) is 5.41 Å². The Bertz CT molecular complexity index is 216. The molecular weight excluding hydrogens is 200 g/mol. The van der Waals surface area contributed by atoms with E-state index in [1.807, 2.05) is 0 Å². The van der Waals surface area contributed by atoms with Crippen LogP contribution in [0.4, 0.5) is 0 Å². The first-order chi connectivity index (χ1) is 7.78. The monoisotopic (exact) mass is 226 g/mol. The fourth-order valence-electron chi connectivity index (χ4n) is 2.66. The van der Waals surface area contributed by atoms with E-state index < -0.39 is 0 Å². The lowest BCUT2D eigenvalue weighted by molar-refractivity contribution is -0.00474. The molecule has 1 heterocycles. The molecule has 0 aromatic carbocycles. The number of piperidine rings is 1. The van der Waals surface area contributed by atoms with Crippen molar-refractivity contribution < 1.29 is 4.74 Å². The topological polar surface area (TPSA) is 38.5 Å². The van der Waals surface area contributed by atoms with Crippen molar-refractivity contribution in [2.24, 2.45) is 11.1 Å². The van der Waals surface area contributed by atoms with E-state index in [1.54, 1.807) is 0 Å². The zero-order valence-electron chi connectivity index (χ0n) is 10.6. The maximum absolute atomic E-state index is 5.86. The molecule has 1 atom stereocenters. The summed E-state index contributed by atoms with van der Waals surface area (Å²) in [6.45, 7) is 7.53. The second kappa shape index (κ2) is 5.48. The van der Waals surface area contributed by atoms with E-state index in [2.05, 4.69) is 11.8 Å². The quantitative estimate of drug-likeness (QED) is 0.748. The summed E-state index contributed by atoms with van der Waals surface area (Å²) in [5.41, 5.74) is 6.32. The van der Waals surface area contributed by atoms with Crippen molar-refractivity contribution in [2.45, 2.75) is 45.1 Å². The third-order valence-electron chi connectivity index (χ3n) is 3.97. The summed E-state index contributed by atoms with van der Waals surface area (Å²) in [6, 6.07) is 0. The SMILES string of the molecule is CCCOC1CCCN(CC2(CN)CC2)C1. The van der Waals surface area contributed by atoms with Crippen molar-refractivity contribution in [2.75, 3.05) is 32.8 Å². The lowest BCUT2D eigenvalue weighted by atomic mass is 10.0. The zero-order valence-corrected chi connectivity index (χ0v) is 10.6. The van der Waals surface area contributed by atoms with Crippen LogP contribution in [0.3, 0.4) is 0 Å². The third-order valence-corrected chi connectivity index (χ3v) is 3.97. The van der Waals surface area contributed by atoms with E-state index in [0.29, 0.717) is 11.5 Å². The minimum absolute atomic E-state index is 0.474. The summed E-state index contributed by atoms with van der Waals surface area (Å²) in [5.74, 6) is 0. The fraction of sp³-hybridized carbons (Fsp3) is 1.00. The Morgan fingerprint density at radius 2 is 2.25 bits per heavy atom. The average Bonchev–Trinajstić information content (AvgIpc) is 3.07. The molecule has 1 aliphatic carbocycles. The van der Waals surface area contributed by atoms with Gasteiger partial charge in [-0.15, -0.1) is 0 Å². The number of likely N-dealkylation sites (tertiary alicyclic amines) is 1. The van der Waals surface area contributed by atoms with Crippen molar-refractivity contribution in [1.82, 2.24) is 4.90 Å². The fourth-order valence-corrected chi connectivity index (χ4v) is 2.66. The van der Waals surface area contributed by atoms with Gasteiger partial charge in [-0.05, 0) is 50.6 Å². The van der Waals surface area contributed by atoms with Gasteiger partial charge in [0.2, 0.25) is 0 Å². The second-order valence-electron chi connectivity index (χ2n) is 5.57. The van der Waals surface area contributed by atoms with Gasteiger partial charge in [-0.25, -0.2) is 0 Å². The standard InChI is InChI=1S/C13H26N2O/c1-2-8-16-12-4-3-7-15(9-12)11-13(10-14)5-6-13/h12H,2-11,14H2,1H3. The van der Waals surface area contributed by atoms with Gasteiger partial charge in [0.1, 0.15) is 0 Å². The van der Waals surface area contributed by atoms with Crippen LogP contribution in [-0.4, -0.2) is 43.8 Å². The first-order valence-corrected chi connectivity index (χ1v) is 6.82. The number of ether oxygens (including phenoxy) is 1. The van der Waals surface area contributed by atoms with E-state index in [1.165, 1.54) is 38.8 Å². The largest absolute Gasteiger partial charge is 0.377 e. The van der Waals surface area contributed by atoms with Crippen LogP contribution >= 0.6 is 0 Å². The molecule has 2 fully saturated rings. The van der Waals surface area contributed by atoms with Crippen molar-refractivity contribution in [3.05, 3.63) is 0 Å². The first-order valence-electron chi connectivity index (χ1n) is 6.82. The minimum atomic E-state index is 0.474. The average molecular weight is 226 g/mol. The van der Waals surface area contributed by atoms with Crippen molar-refractivity contribution >= 4 is 0 Å². The summed E-state index contributed by atoms with van der Waals surface area (Å²) in [7, 11) is 0. The first kappa shape index (κ1) is 12.3. The van der Waals surface area contributed by atoms with Gasteiger partial charge in [0.15, 0.2) is 0 Å². The Hall–Kier alpha value is -0.120. The van der Waals surface area contributed by atoms with E-state index in [0.717, 1.165) is 26.1 Å². The molecule has 0 aromatic rings. The molecule has 0 bridgehead atoms. The second-order valence-corrected chi connectivity index (χ2v) is 5.57. The molecule has 2 rings (SSSR count). The predicted molar refractivity (Wildman–Crippen MR) is 66.4 cm³/mol. The Morgan fingerprint density at radius 3 is 2.88 bits per heavy atom. The molecule has 1 saturated heterocycles. The molecule has 0 amide bonds. The molecule has 3 heteroatoms. The van der Waals surface area contributed by atoms with Crippen LogP contribution in [-0.2, 0) is 4.74 Å². The van der Waals surface area contributed by atoms with Crippen LogP contribution in [0.2, 0.25) is 0 Å². The normalized spacial score (nSPS) is 29.2. The molecule has 94 valence electrons. The summed E-state index contributed by atoms with van der Waals surface area (Å²) < 4.78 is 5.86. The maximum atomic E-state index is 5.86. The molecule has 16 heavy (non-hydrogen) atoms. The third kappa shape index (κ3) is 3.19. The number of hydrogen-bond acceptors (Lipinski definition) is 3. The lowest BCUT2D eigenvalue weighted by Gasteiger charge is -2.34. The highest BCUT2D eigenvalue weighted by atomic mass is 16.5. The van der Waals surface area contributed by atoms with Gasteiger partial charge in [0.25, 0.3) is 0 Å². The Morgan fingerprint density at radius 1 is 1.44 bits per heavy atom. The summed E-state index contributed by atoms with van der Waals surface area (Å²) in [5, 5.41) is 0. The molecule has 1 aliphatic heterocycles. The Balaban J connectivity index is 1.73. The predicted octanol–water partition coefficient (Wildman–Crippen LogP) is 1.62. The van der Waals surface area contributed by atoms with E-state index in [-0.39, 0.29) is 0 Å². The summed E-state index contributed by atoms with van der Waals surface area (Å²) in [4.78, 5) is 2.57. The van der Waals surface area contributed by atoms with Crippen LogP contribution in [0.15, 0.2) is 0 Å². The Labute approximate surface area is 99.3 Å². The van der Waals surface area contributed by atoms with E-state index in [9.17, 15) is 0 Å². The number of nitrogens with zero attached hydrogens (tertiary/aromatic N) is 1. The molecule has 1 saturated carbocycles. The number of rotatable bonds is 6. The molecule has 0 aromatic heterocycles. The van der Waals surface area contributed by atoms with Gasteiger partial charge >= 0.3 is 0 Å². The molecule has 2 N–H and O–H groups in total. The minimum Gasteiger partial charge on any atom is -0.377 e. The summed E-state index contributed by atoms with van der Waals surface area (Å²) in [6.07, 6.45) is 6.80. The molecule has 0 radical (unpaired) electrons. The van der Waals surface area contributed by atoms with Gasteiger partial charge in [-0.1, -0.05) is 6.92 Å². The molecule has 3 nitrogen and oxygen atoms in total. The van der Waals surface area contributed by atoms with Gasteiger partial charge in [0, 0.05) is 19.7 Å². The maximum Gasteiger partial charge on any atom is 0.0702 e. The lowest BCUT2D eigenvalue weighted by Crippen LogP contribution is -2.43.